The molecule has 11 heavy (non-hydrogen) atoms. The van der Waals surface area contributed by atoms with E-state index in [0.29, 0.717) is 0 Å². The van der Waals surface area contributed by atoms with Crippen LogP contribution in [0, 0.1) is 5.92 Å². The van der Waals surface area contributed by atoms with Gasteiger partial charge in [-0.15, -0.1) is 0 Å². The minimum Gasteiger partial charge on any atom is -0.357 e. The van der Waals surface area contributed by atoms with E-state index < -0.39 is 0 Å². The molecular formula is C9H14N2. The van der Waals surface area contributed by atoms with Crippen molar-refractivity contribution in [1.29, 1.82) is 0 Å². The summed E-state index contributed by atoms with van der Waals surface area (Å²) in [4.78, 5) is 0. The molecule has 2 rings (SSSR count). The predicted octanol–water partition coefficient (Wildman–Crippen LogP) is 0.787. The van der Waals surface area contributed by atoms with Crippen LogP contribution in [0.4, 0.5) is 0 Å². The normalized spacial score (nSPS) is 18.3. The summed E-state index contributed by atoms with van der Waals surface area (Å²) in [7, 11) is 2.07. The van der Waals surface area contributed by atoms with Crippen LogP contribution >= 0.6 is 0 Å². The van der Waals surface area contributed by atoms with Crippen molar-refractivity contribution in [2.75, 3.05) is 13.1 Å². The van der Waals surface area contributed by atoms with Gasteiger partial charge in [-0.3, -0.25) is 0 Å². The maximum absolute atomic E-state index is 3.28. The van der Waals surface area contributed by atoms with Crippen molar-refractivity contribution in [3.05, 3.63) is 24.0 Å². The van der Waals surface area contributed by atoms with Crippen LogP contribution in [0.25, 0.3) is 0 Å². The highest BCUT2D eigenvalue weighted by molar-refractivity contribution is 5.11. The molecule has 60 valence electrons. The fourth-order valence-corrected chi connectivity index (χ4v) is 1.51. The van der Waals surface area contributed by atoms with Crippen molar-refractivity contribution in [3.63, 3.8) is 0 Å². The van der Waals surface area contributed by atoms with Crippen LogP contribution in [0.5, 0.6) is 0 Å². The van der Waals surface area contributed by atoms with Crippen molar-refractivity contribution in [3.8, 4) is 0 Å². The van der Waals surface area contributed by atoms with Crippen LogP contribution in [-0.2, 0) is 13.5 Å². The summed E-state index contributed by atoms with van der Waals surface area (Å²) in [6.45, 7) is 2.41. The van der Waals surface area contributed by atoms with Gasteiger partial charge in [0.1, 0.15) is 0 Å². The van der Waals surface area contributed by atoms with E-state index in [9.17, 15) is 0 Å². The Bertz CT molecular complexity index is 235. The Kier molecular flexibility index (Phi) is 1.70. The number of aryl methyl sites for hydroxylation is 1. The minimum atomic E-state index is 0.886. The molecule has 0 amide bonds. The molecule has 0 atom stereocenters. The molecule has 1 aliphatic heterocycles. The Morgan fingerprint density at radius 2 is 2.45 bits per heavy atom. The first-order valence-electron chi connectivity index (χ1n) is 4.16. The standard InChI is InChI=1S/C9H14N2/c1-11-3-2-8(7-11)4-9-5-10-6-9/h2-3,7,9-10H,4-6H2,1H3. The molecule has 2 heterocycles. The zero-order chi connectivity index (χ0) is 7.68. The smallest absolute Gasteiger partial charge is 0.0106 e. The highest BCUT2D eigenvalue weighted by atomic mass is 14.9. The Balaban J connectivity index is 1.95. The molecule has 1 aromatic rings. The Hall–Kier alpha value is -0.760. The number of aromatic nitrogens is 1. The lowest BCUT2D eigenvalue weighted by Crippen LogP contribution is -2.42. The van der Waals surface area contributed by atoms with Crippen molar-refractivity contribution in [2.24, 2.45) is 13.0 Å². The molecule has 2 nitrogen and oxygen atoms in total. The zero-order valence-electron chi connectivity index (χ0n) is 6.88. The first-order chi connectivity index (χ1) is 5.34. The molecular weight excluding hydrogens is 136 g/mol. The number of nitrogens with one attached hydrogen (secondary N) is 1. The second kappa shape index (κ2) is 2.70. The van der Waals surface area contributed by atoms with E-state index in [2.05, 4.69) is 35.4 Å². The molecule has 1 aliphatic rings. The molecule has 0 radical (unpaired) electrons. The van der Waals surface area contributed by atoms with E-state index in [1.807, 2.05) is 0 Å². The van der Waals surface area contributed by atoms with Crippen molar-refractivity contribution >= 4 is 0 Å². The quantitative estimate of drug-likeness (QED) is 0.659. The first kappa shape index (κ1) is 6.92. The number of hydrogen-bond acceptors (Lipinski definition) is 1. The summed E-state index contributed by atoms with van der Waals surface area (Å²) in [5.41, 5.74) is 1.47. The van der Waals surface area contributed by atoms with Gasteiger partial charge in [0, 0.05) is 19.4 Å². The molecule has 0 unspecified atom stereocenters. The third-order valence-electron chi connectivity index (χ3n) is 2.28. The summed E-state index contributed by atoms with van der Waals surface area (Å²) in [5.74, 6) is 0.886. The van der Waals surface area contributed by atoms with Crippen LogP contribution in [0.2, 0.25) is 0 Å². The molecule has 0 saturated carbocycles. The fourth-order valence-electron chi connectivity index (χ4n) is 1.51. The number of hydrogen-bond donors (Lipinski definition) is 1. The Labute approximate surface area is 67.2 Å². The van der Waals surface area contributed by atoms with Gasteiger partial charge >= 0.3 is 0 Å². The predicted molar refractivity (Wildman–Crippen MR) is 45.5 cm³/mol. The van der Waals surface area contributed by atoms with Gasteiger partial charge < -0.3 is 9.88 Å². The van der Waals surface area contributed by atoms with Gasteiger partial charge in [-0.1, -0.05) is 0 Å². The second-order valence-electron chi connectivity index (χ2n) is 3.41. The molecule has 0 bridgehead atoms. The lowest BCUT2D eigenvalue weighted by molar-refractivity contribution is 0.346. The second-order valence-corrected chi connectivity index (χ2v) is 3.41. The lowest BCUT2D eigenvalue weighted by atomic mass is 9.96. The van der Waals surface area contributed by atoms with Gasteiger partial charge in [-0.25, -0.2) is 0 Å². The lowest BCUT2D eigenvalue weighted by Gasteiger charge is -2.26. The van der Waals surface area contributed by atoms with E-state index in [1.54, 1.807) is 0 Å². The highest BCUT2D eigenvalue weighted by Crippen LogP contribution is 2.11. The van der Waals surface area contributed by atoms with Crippen LogP contribution < -0.4 is 5.32 Å². The SMILES string of the molecule is Cn1ccc(CC2CNC2)c1. The average Bonchev–Trinajstić information content (AvgIpc) is 2.27. The van der Waals surface area contributed by atoms with Gasteiger partial charge in [0.05, 0.1) is 0 Å². The molecule has 0 spiro atoms. The van der Waals surface area contributed by atoms with Crippen LogP contribution in [0.3, 0.4) is 0 Å². The van der Waals surface area contributed by atoms with E-state index in [0.717, 1.165) is 5.92 Å². The van der Waals surface area contributed by atoms with Crippen LogP contribution in [0.1, 0.15) is 5.56 Å². The van der Waals surface area contributed by atoms with Crippen molar-refractivity contribution < 1.29 is 0 Å². The van der Waals surface area contributed by atoms with Crippen LogP contribution in [0.15, 0.2) is 18.5 Å². The summed E-state index contributed by atoms with van der Waals surface area (Å²) in [6.07, 6.45) is 5.56. The number of rotatable bonds is 2. The fraction of sp³-hybridized carbons (Fsp3) is 0.556. The van der Waals surface area contributed by atoms with Crippen molar-refractivity contribution in [1.82, 2.24) is 9.88 Å². The maximum atomic E-state index is 3.28. The van der Waals surface area contributed by atoms with Gasteiger partial charge in [-0.2, -0.15) is 0 Å². The molecule has 0 aliphatic carbocycles. The Morgan fingerprint density at radius 1 is 1.64 bits per heavy atom. The molecule has 1 aromatic heterocycles. The van der Waals surface area contributed by atoms with E-state index in [1.165, 1.54) is 25.1 Å². The zero-order valence-corrected chi connectivity index (χ0v) is 6.88. The monoisotopic (exact) mass is 150 g/mol. The highest BCUT2D eigenvalue weighted by Gasteiger charge is 2.16. The summed E-state index contributed by atoms with van der Waals surface area (Å²) >= 11 is 0. The summed E-state index contributed by atoms with van der Waals surface area (Å²) in [5, 5.41) is 3.28. The van der Waals surface area contributed by atoms with E-state index >= 15 is 0 Å². The van der Waals surface area contributed by atoms with E-state index in [4.69, 9.17) is 0 Å². The van der Waals surface area contributed by atoms with Crippen molar-refractivity contribution in [2.45, 2.75) is 6.42 Å². The topological polar surface area (TPSA) is 17.0 Å². The summed E-state index contributed by atoms with van der Waals surface area (Å²) in [6, 6.07) is 2.21. The molecule has 1 fully saturated rings. The molecule has 2 heteroatoms. The van der Waals surface area contributed by atoms with E-state index in [-0.39, 0.29) is 0 Å². The summed E-state index contributed by atoms with van der Waals surface area (Å²) < 4.78 is 2.11. The molecule has 0 aromatic carbocycles. The third kappa shape index (κ3) is 1.46. The molecule has 1 N–H and O–H groups in total. The largest absolute Gasteiger partial charge is 0.357 e. The van der Waals surface area contributed by atoms with Gasteiger partial charge in [0.15, 0.2) is 0 Å². The maximum Gasteiger partial charge on any atom is 0.0106 e. The average molecular weight is 150 g/mol. The number of nitrogens with zero attached hydrogens (tertiary/aromatic N) is 1. The minimum absolute atomic E-state index is 0.886. The van der Waals surface area contributed by atoms with Gasteiger partial charge in [0.25, 0.3) is 0 Å². The van der Waals surface area contributed by atoms with Gasteiger partial charge in [0.2, 0.25) is 0 Å². The third-order valence-corrected chi connectivity index (χ3v) is 2.28. The molecule has 1 saturated heterocycles. The van der Waals surface area contributed by atoms with Gasteiger partial charge in [-0.05, 0) is 37.1 Å². The Morgan fingerprint density at radius 3 is 2.91 bits per heavy atom. The first-order valence-corrected chi connectivity index (χ1v) is 4.16. The van der Waals surface area contributed by atoms with Crippen LogP contribution in [-0.4, -0.2) is 17.7 Å².